The third-order valence-electron chi connectivity index (χ3n) is 7.58. The summed E-state index contributed by atoms with van der Waals surface area (Å²) in [7, 11) is 0. The molecule has 43 heavy (non-hydrogen) atoms. The summed E-state index contributed by atoms with van der Waals surface area (Å²) in [6, 6.07) is 7.76. The Morgan fingerprint density at radius 2 is 2.09 bits per heavy atom. The van der Waals surface area contributed by atoms with Crippen molar-refractivity contribution < 1.29 is 32.2 Å². The molecule has 226 valence electrons. The minimum atomic E-state index is -4.51. The van der Waals surface area contributed by atoms with E-state index in [9.17, 15) is 18.0 Å². The average Bonchev–Trinajstić information content (AvgIpc) is 3.34. The lowest BCUT2D eigenvalue weighted by Crippen LogP contribution is -2.56. The average molecular weight is 597 g/mol. The number of halogens is 3. The highest BCUT2D eigenvalue weighted by molar-refractivity contribution is 6.04. The molecule has 2 bridgehead atoms. The molecule has 3 aliphatic heterocycles. The summed E-state index contributed by atoms with van der Waals surface area (Å²) in [6.45, 7) is 9.43. The fourth-order valence-corrected chi connectivity index (χ4v) is 5.63. The largest absolute Gasteiger partial charge is 0.461 e. The maximum absolute atomic E-state index is 13.8. The van der Waals surface area contributed by atoms with Crippen molar-refractivity contribution in [3.05, 3.63) is 60.3 Å². The van der Waals surface area contributed by atoms with Gasteiger partial charge < -0.3 is 19.1 Å². The van der Waals surface area contributed by atoms with Crippen LogP contribution in [0.1, 0.15) is 37.8 Å². The SMILES string of the molecule is C=Cc1cc2c(nc1-c1cccc(C(F)(F)F)c1)N(C(=O)Nc1ccnc(OC[C@H]3COC(C)(C)O3)n1)[C@H]1CCCN2C1. The Morgan fingerprint density at radius 3 is 2.84 bits per heavy atom. The van der Waals surface area contributed by atoms with Gasteiger partial charge in [0.15, 0.2) is 11.6 Å². The summed E-state index contributed by atoms with van der Waals surface area (Å²) in [5.74, 6) is -0.108. The molecule has 0 spiro atoms. The van der Waals surface area contributed by atoms with Crippen molar-refractivity contribution in [1.82, 2.24) is 15.0 Å². The summed E-state index contributed by atoms with van der Waals surface area (Å²) >= 11 is 0. The number of piperidine rings is 1. The molecule has 2 amide bonds. The molecule has 0 radical (unpaired) electrons. The Balaban J connectivity index is 1.29. The first-order valence-corrected chi connectivity index (χ1v) is 14.0. The van der Waals surface area contributed by atoms with Crippen LogP contribution < -0.4 is 19.9 Å². The van der Waals surface area contributed by atoms with Gasteiger partial charge in [-0.2, -0.15) is 18.2 Å². The number of nitrogens with one attached hydrogen (secondary N) is 1. The minimum Gasteiger partial charge on any atom is -0.461 e. The number of carbonyl (C=O) groups is 1. The predicted octanol–water partition coefficient (Wildman–Crippen LogP) is 5.75. The van der Waals surface area contributed by atoms with Gasteiger partial charge in [-0.3, -0.25) is 10.2 Å². The molecule has 5 heterocycles. The molecule has 6 rings (SSSR count). The second-order valence-electron chi connectivity index (χ2n) is 11.1. The van der Waals surface area contributed by atoms with Gasteiger partial charge in [0.05, 0.1) is 29.6 Å². The Labute approximate surface area is 246 Å². The van der Waals surface area contributed by atoms with E-state index in [1.165, 1.54) is 12.3 Å². The molecule has 3 aromatic rings. The minimum absolute atomic E-state index is 0.0644. The van der Waals surface area contributed by atoms with Crippen LogP contribution in [0.4, 0.5) is 35.3 Å². The lowest BCUT2D eigenvalue weighted by molar-refractivity contribution is -0.141. The Morgan fingerprint density at radius 1 is 1.26 bits per heavy atom. The van der Waals surface area contributed by atoms with Crippen molar-refractivity contribution in [3.63, 3.8) is 0 Å². The zero-order valence-corrected chi connectivity index (χ0v) is 23.7. The van der Waals surface area contributed by atoms with Crippen LogP contribution in [0.5, 0.6) is 6.01 Å². The van der Waals surface area contributed by atoms with Gasteiger partial charge in [-0.1, -0.05) is 24.8 Å². The van der Waals surface area contributed by atoms with Crippen molar-refractivity contribution in [1.29, 1.82) is 0 Å². The maximum Gasteiger partial charge on any atom is 0.416 e. The van der Waals surface area contributed by atoms with Gasteiger partial charge in [-0.05, 0) is 51.0 Å². The normalized spacial score (nSPS) is 20.9. The molecular formula is C30H31F3N6O4. The van der Waals surface area contributed by atoms with E-state index in [-0.39, 0.29) is 36.1 Å². The molecular weight excluding hydrogens is 565 g/mol. The molecule has 1 N–H and O–H groups in total. The summed E-state index contributed by atoms with van der Waals surface area (Å²) in [5, 5.41) is 2.83. The van der Waals surface area contributed by atoms with E-state index in [0.717, 1.165) is 31.5 Å². The molecule has 3 aliphatic rings. The Kier molecular flexibility index (Phi) is 7.46. The van der Waals surface area contributed by atoms with E-state index in [0.29, 0.717) is 35.9 Å². The van der Waals surface area contributed by atoms with Gasteiger partial charge in [-0.15, -0.1) is 0 Å². The lowest BCUT2D eigenvalue weighted by Gasteiger charge is -2.46. The number of pyridine rings is 1. The van der Waals surface area contributed by atoms with Gasteiger partial charge in [-0.25, -0.2) is 14.8 Å². The van der Waals surface area contributed by atoms with Crippen LogP contribution >= 0.6 is 0 Å². The molecule has 0 saturated carbocycles. The van der Waals surface area contributed by atoms with Crippen molar-refractivity contribution >= 4 is 29.4 Å². The van der Waals surface area contributed by atoms with E-state index >= 15 is 0 Å². The third-order valence-corrected chi connectivity index (χ3v) is 7.58. The van der Waals surface area contributed by atoms with E-state index in [2.05, 4.69) is 26.8 Å². The number of nitrogens with zero attached hydrogens (tertiary/aromatic N) is 5. The molecule has 2 saturated heterocycles. The molecule has 0 aliphatic carbocycles. The summed E-state index contributed by atoms with van der Waals surface area (Å²) in [5.41, 5.74) is 1.08. The van der Waals surface area contributed by atoms with E-state index < -0.39 is 23.6 Å². The van der Waals surface area contributed by atoms with Crippen LogP contribution in [-0.4, -0.2) is 65.2 Å². The number of aromatic nitrogens is 3. The van der Waals surface area contributed by atoms with E-state index in [1.54, 1.807) is 23.1 Å². The maximum atomic E-state index is 13.8. The van der Waals surface area contributed by atoms with Gasteiger partial charge in [0.1, 0.15) is 18.5 Å². The summed E-state index contributed by atoms with van der Waals surface area (Å²) in [6.07, 6.45) is -0.154. The number of hydrogen-bond acceptors (Lipinski definition) is 8. The second kappa shape index (κ2) is 11.1. The highest BCUT2D eigenvalue weighted by Crippen LogP contribution is 2.42. The highest BCUT2D eigenvalue weighted by Gasteiger charge is 2.39. The topological polar surface area (TPSA) is 102 Å². The van der Waals surface area contributed by atoms with Gasteiger partial charge in [0.2, 0.25) is 0 Å². The number of ether oxygens (including phenoxy) is 3. The van der Waals surface area contributed by atoms with Crippen molar-refractivity contribution in [2.45, 2.75) is 50.8 Å². The van der Waals surface area contributed by atoms with Crippen LogP contribution in [0.15, 0.2) is 49.2 Å². The fraction of sp³-hybridized carbons (Fsp3) is 0.400. The summed E-state index contributed by atoms with van der Waals surface area (Å²) < 4.78 is 57.5. The number of alkyl halides is 3. The third kappa shape index (κ3) is 6.00. The van der Waals surface area contributed by atoms with Crippen molar-refractivity contribution in [2.75, 3.05) is 41.4 Å². The second-order valence-corrected chi connectivity index (χ2v) is 11.1. The first-order chi connectivity index (χ1) is 20.5. The smallest absolute Gasteiger partial charge is 0.416 e. The summed E-state index contributed by atoms with van der Waals surface area (Å²) in [4.78, 5) is 30.8. The zero-order chi connectivity index (χ0) is 30.4. The monoisotopic (exact) mass is 596 g/mol. The van der Waals surface area contributed by atoms with E-state index in [1.807, 2.05) is 19.9 Å². The predicted molar refractivity (Wildman–Crippen MR) is 154 cm³/mol. The zero-order valence-electron chi connectivity index (χ0n) is 23.7. The van der Waals surface area contributed by atoms with Gasteiger partial charge in [0, 0.05) is 30.4 Å². The number of carbonyl (C=O) groups excluding carboxylic acids is 1. The van der Waals surface area contributed by atoms with Crippen LogP contribution in [0.2, 0.25) is 0 Å². The Bertz CT molecular complexity index is 1550. The number of fused-ring (bicyclic) bond motifs is 4. The first-order valence-electron chi connectivity index (χ1n) is 14.0. The molecule has 0 unspecified atom stereocenters. The van der Waals surface area contributed by atoms with Crippen LogP contribution in [0.25, 0.3) is 17.3 Å². The van der Waals surface area contributed by atoms with Crippen molar-refractivity contribution in [2.24, 2.45) is 0 Å². The first kappa shape index (κ1) is 28.9. The van der Waals surface area contributed by atoms with Crippen LogP contribution in [-0.2, 0) is 15.7 Å². The Hall–Kier alpha value is -4.23. The number of urea groups is 1. The quantitative estimate of drug-likeness (QED) is 0.384. The molecule has 13 heteroatoms. The molecule has 2 atom stereocenters. The molecule has 10 nitrogen and oxygen atoms in total. The van der Waals surface area contributed by atoms with Crippen molar-refractivity contribution in [3.8, 4) is 17.3 Å². The van der Waals surface area contributed by atoms with Gasteiger partial charge >= 0.3 is 18.2 Å². The van der Waals surface area contributed by atoms with E-state index in [4.69, 9.17) is 19.2 Å². The van der Waals surface area contributed by atoms with Crippen LogP contribution in [0.3, 0.4) is 0 Å². The highest BCUT2D eigenvalue weighted by atomic mass is 19.4. The lowest BCUT2D eigenvalue weighted by atomic mass is 9.97. The molecule has 1 aromatic carbocycles. The number of amides is 2. The number of anilines is 3. The standard InChI is InChI=1S/C30H31F3N6O4/c1-4-18-14-23-26(37-25(18)19-7-5-8-20(13-19)30(31,32)33)39(21-9-6-12-38(23)15-21)28(40)36-24-10-11-34-27(35-24)41-16-22-17-42-29(2,3)43-22/h4-5,7-8,10-11,13-14,21-22H,1,6,9,12,15-17H2,2-3H3,(H,34,35,36,40)/t21-,22-/m0/s1. The number of rotatable bonds is 6. The number of hydrogen-bond donors (Lipinski definition) is 1. The number of benzene rings is 1. The van der Waals surface area contributed by atoms with Crippen LogP contribution in [0, 0.1) is 0 Å². The van der Waals surface area contributed by atoms with Gasteiger partial charge in [0.25, 0.3) is 0 Å². The molecule has 2 fully saturated rings. The molecule has 2 aromatic heterocycles. The fourth-order valence-electron chi connectivity index (χ4n) is 5.63.